The predicted octanol–water partition coefficient (Wildman–Crippen LogP) is 1.89. The third kappa shape index (κ3) is 3.93. The van der Waals surface area contributed by atoms with Gasteiger partial charge in [-0.25, -0.2) is 22.7 Å². The molecule has 0 spiro atoms. The number of sulfonamides is 1. The summed E-state index contributed by atoms with van der Waals surface area (Å²) in [5.41, 5.74) is 0. The fourth-order valence-corrected chi connectivity index (χ4v) is 3.52. The van der Waals surface area contributed by atoms with E-state index in [0.29, 0.717) is 9.88 Å². The van der Waals surface area contributed by atoms with E-state index < -0.39 is 22.3 Å². The van der Waals surface area contributed by atoms with E-state index >= 15 is 0 Å². The Kier molecular flexibility index (Phi) is 4.67. The number of thiazole rings is 1. The van der Waals surface area contributed by atoms with Crippen molar-refractivity contribution in [2.24, 2.45) is 0 Å². The van der Waals surface area contributed by atoms with Crippen molar-refractivity contribution in [1.82, 2.24) is 25.1 Å². The van der Waals surface area contributed by atoms with Crippen molar-refractivity contribution in [2.75, 3.05) is 10.6 Å². The van der Waals surface area contributed by atoms with Crippen LogP contribution in [0.2, 0.25) is 0 Å². The van der Waals surface area contributed by atoms with Crippen LogP contribution in [0, 0.1) is 0 Å². The molecule has 3 aromatic heterocycles. The van der Waals surface area contributed by atoms with E-state index in [1.54, 1.807) is 0 Å². The Morgan fingerprint density at radius 2 is 2.04 bits per heavy atom. The maximum absolute atomic E-state index is 12.5. The van der Waals surface area contributed by atoms with Gasteiger partial charge in [-0.15, -0.1) is 21.5 Å². The topological polar surface area (TPSA) is 115 Å². The second-order valence-corrected chi connectivity index (χ2v) is 7.72. The first-order valence-electron chi connectivity index (χ1n) is 6.65. The van der Waals surface area contributed by atoms with Gasteiger partial charge in [-0.2, -0.15) is 8.78 Å². The number of rotatable bonds is 6. The number of nitrogens with zero attached hydrogens (tertiary/aromatic N) is 6. The van der Waals surface area contributed by atoms with Gasteiger partial charge in [0, 0.05) is 12.4 Å². The molecular weight excluding hydrogens is 378 g/mol. The van der Waals surface area contributed by atoms with Crippen molar-refractivity contribution < 1.29 is 21.6 Å². The monoisotopic (exact) mass is 388 g/mol. The van der Waals surface area contributed by atoms with E-state index in [1.165, 1.54) is 24.8 Å². The molecule has 9 nitrogen and oxygen atoms in total. The Labute approximate surface area is 144 Å². The molecule has 0 aliphatic heterocycles. The van der Waals surface area contributed by atoms with Crippen LogP contribution in [-0.2, 0) is 16.6 Å². The lowest BCUT2D eigenvalue weighted by molar-refractivity contribution is 0.116. The number of halogens is 2. The Bertz CT molecular complexity index is 960. The average molecular weight is 388 g/mol. The summed E-state index contributed by atoms with van der Waals surface area (Å²) in [4.78, 5) is 12.2. The van der Waals surface area contributed by atoms with E-state index in [2.05, 4.69) is 25.1 Å². The fourth-order valence-electron chi connectivity index (χ4n) is 1.82. The van der Waals surface area contributed by atoms with Crippen molar-refractivity contribution in [3.05, 3.63) is 35.7 Å². The standard InChI is InChI=1S/C12H10F2N6O3S2/c1-25(21,22)20(8-5-15-2-3-16-8)6-9-17-4-7(24-9)11-18-19-12(23-11)10(13)14/h2-5,10H,6H2,1H3. The van der Waals surface area contributed by atoms with Gasteiger partial charge in [-0.1, -0.05) is 0 Å². The van der Waals surface area contributed by atoms with Gasteiger partial charge in [0.15, 0.2) is 5.82 Å². The van der Waals surface area contributed by atoms with Gasteiger partial charge in [0.05, 0.1) is 25.2 Å². The van der Waals surface area contributed by atoms with Crippen LogP contribution in [0.5, 0.6) is 0 Å². The minimum Gasteiger partial charge on any atom is -0.414 e. The Hall–Kier alpha value is -2.54. The lowest BCUT2D eigenvalue weighted by Gasteiger charge is -2.19. The lowest BCUT2D eigenvalue weighted by atomic mass is 10.5. The zero-order chi connectivity index (χ0) is 18.0. The van der Waals surface area contributed by atoms with Crippen LogP contribution in [0.1, 0.15) is 17.3 Å². The Morgan fingerprint density at radius 3 is 2.64 bits per heavy atom. The van der Waals surface area contributed by atoms with Crippen molar-refractivity contribution in [3.63, 3.8) is 0 Å². The van der Waals surface area contributed by atoms with Crippen LogP contribution in [0.15, 0.2) is 29.2 Å². The van der Waals surface area contributed by atoms with Crippen LogP contribution in [-0.4, -0.2) is 39.8 Å². The number of aromatic nitrogens is 5. The second-order valence-electron chi connectivity index (χ2n) is 4.70. The first kappa shape index (κ1) is 17.3. The summed E-state index contributed by atoms with van der Waals surface area (Å²) < 4.78 is 54.9. The molecule has 0 aliphatic carbocycles. The third-order valence-electron chi connectivity index (χ3n) is 2.88. The molecule has 0 saturated carbocycles. The van der Waals surface area contributed by atoms with Crippen molar-refractivity contribution in [3.8, 4) is 10.8 Å². The van der Waals surface area contributed by atoms with E-state index in [1.807, 2.05) is 0 Å². The molecule has 13 heteroatoms. The number of alkyl halides is 2. The highest BCUT2D eigenvalue weighted by molar-refractivity contribution is 7.92. The van der Waals surface area contributed by atoms with E-state index in [0.717, 1.165) is 21.9 Å². The normalized spacial score (nSPS) is 11.8. The second kappa shape index (κ2) is 6.76. The van der Waals surface area contributed by atoms with Crippen molar-refractivity contribution in [1.29, 1.82) is 0 Å². The molecule has 0 unspecified atom stereocenters. The number of hydrogen-bond donors (Lipinski definition) is 0. The maximum atomic E-state index is 12.5. The Morgan fingerprint density at radius 1 is 1.24 bits per heavy atom. The lowest BCUT2D eigenvalue weighted by Crippen LogP contribution is -2.30. The van der Waals surface area contributed by atoms with Crippen LogP contribution in [0.4, 0.5) is 14.6 Å². The average Bonchev–Trinajstić information content (AvgIpc) is 3.21. The summed E-state index contributed by atoms with van der Waals surface area (Å²) in [6.07, 6.45) is 3.60. The SMILES string of the molecule is CS(=O)(=O)N(Cc1ncc(-c2nnc(C(F)F)o2)s1)c1cnccn1. The van der Waals surface area contributed by atoms with Crippen LogP contribution < -0.4 is 4.31 Å². The molecule has 0 fully saturated rings. The molecule has 0 aliphatic rings. The van der Waals surface area contributed by atoms with Gasteiger partial charge in [0.25, 0.3) is 11.8 Å². The largest absolute Gasteiger partial charge is 0.414 e. The highest BCUT2D eigenvalue weighted by atomic mass is 32.2. The molecule has 0 atom stereocenters. The van der Waals surface area contributed by atoms with Gasteiger partial charge in [0.2, 0.25) is 10.0 Å². The van der Waals surface area contributed by atoms with E-state index in [4.69, 9.17) is 4.42 Å². The predicted molar refractivity (Wildman–Crippen MR) is 83.4 cm³/mol. The molecule has 0 N–H and O–H groups in total. The zero-order valence-corrected chi connectivity index (χ0v) is 14.2. The number of hydrogen-bond acceptors (Lipinski definition) is 9. The molecule has 0 saturated heterocycles. The quantitative estimate of drug-likeness (QED) is 0.629. The molecule has 0 aromatic carbocycles. The Balaban J connectivity index is 1.86. The molecule has 0 bridgehead atoms. The highest BCUT2D eigenvalue weighted by Crippen LogP contribution is 2.29. The van der Waals surface area contributed by atoms with Gasteiger partial charge >= 0.3 is 6.43 Å². The molecular formula is C12H10F2N6O3S2. The van der Waals surface area contributed by atoms with Crippen LogP contribution >= 0.6 is 11.3 Å². The summed E-state index contributed by atoms with van der Waals surface area (Å²) in [6, 6.07) is 0. The van der Waals surface area contributed by atoms with Crippen LogP contribution in [0.3, 0.4) is 0 Å². The molecule has 0 amide bonds. The first-order chi connectivity index (χ1) is 11.8. The molecule has 25 heavy (non-hydrogen) atoms. The van der Waals surface area contributed by atoms with Crippen molar-refractivity contribution in [2.45, 2.75) is 13.0 Å². The summed E-state index contributed by atoms with van der Waals surface area (Å²) in [6.45, 7) is -0.0992. The van der Waals surface area contributed by atoms with Gasteiger partial charge in [-0.3, -0.25) is 4.98 Å². The minimum absolute atomic E-state index is 0.0992. The van der Waals surface area contributed by atoms with Crippen LogP contribution in [0.25, 0.3) is 10.8 Å². The minimum atomic E-state index is -3.63. The van der Waals surface area contributed by atoms with Gasteiger partial charge < -0.3 is 4.42 Å². The smallest absolute Gasteiger partial charge is 0.314 e. The number of anilines is 1. The molecule has 3 aromatic rings. The molecule has 3 heterocycles. The molecule has 0 radical (unpaired) electrons. The van der Waals surface area contributed by atoms with E-state index in [-0.39, 0.29) is 18.3 Å². The molecule has 3 rings (SSSR count). The summed E-state index contributed by atoms with van der Waals surface area (Å²) >= 11 is 1.04. The van der Waals surface area contributed by atoms with Gasteiger partial charge in [-0.05, 0) is 0 Å². The van der Waals surface area contributed by atoms with Crippen molar-refractivity contribution >= 4 is 27.2 Å². The molecule has 132 valence electrons. The zero-order valence-electron chi connectivity index (χ0n) is 12.6. The summed E-state index contributed by atoms with van der Waals surface area (Å²) in [7, 11) is -3.63. The van der Waals surface area contributed by atoms with Gasteiger partial charge in [0.1, 0.15) is 9.88 Å². The first-order valence-corrected chi connectivity index (χ1v) is 9.31. The summed E-state index contributed by atoms with van der Waals surface area (Å²) in [5.74, 6) is -0.758. The highest BCUT2D eigenvalue weighted by Gasteiger charge is 2.22. The maximum Gasteiger partial charge on any atom is 0.314 e. The van der Waals surface area contributed by atoms with E-state index in [9.17, 15) is 17.2 Å². The fraction of sp³-hybridized carbons (Fsp3) is 0.250. The third-order valence-corrected chi connectivity index (χ3v) is 4.96. The summed E-state index contributed by atoms with van der Waals surface area (Å²) in [5, 5.41) is 7.15.